The SMILES string of the molecule is CCN(CC)C(N)=NCCOCCC(C)C. The molecule has 0 aromatic heterocycles. The summed E-state index contributed by atoms with van der Waals surface area (Å²) in [5.74, 6) is 1.32. The van der Waals surface area contributed by atoms with Gasteiger partial charge in [0, 0.05) is 19.7 Å². The van der Waals surface area contributed by atoms with Crippen LogP contribution < -0.4 is 5.73 Å². The minimum absolute atomic E-state index is 0.623. The average molecular weight is 229 g/mol. The Hall–Kier alpha value is -0.770. The topological polar surface area (TPSA) is 50.8 Å². The molecule has 0 fully saturated rings. The zero-order valence-electron chi connectivity index (χ0n) is 11.2. The molecule has 0 bridgehead atoms. The first-order valence-corrected chi connectivity index (χ1v) is 6.24. The Morgan fingerprint density at radius 2 is 1.88 bits per heavy atom. The van der Waals surface area contributed by atoms with Crippen LogP contribution in [-0.4, -0.2) is 43.7 Å². The molecule has 0 atom stereocenters. The maximum atomic E-state index is 5.82. The summed E-state index contributed by atoms with van der Waals surface area (Å²) < 4.78 is 5.46. The first kappa shape index (κ1) is 15.2. The molecule has 0 unspecified atom stereocenters. The number of hydrogen-bond donors (Lipinski definition) is 1. The first-order valence-electron chi connectivity index (χ1n) is 6.24. The molecule has 0 rings (SSSR count). The van der Waals surface area contributed by atoms with Gasteiger partial charge < -0.3 is 15.4 Å². The van der Waals surface area contributed by atoms with Gasteiger partial charge in [-0.1, -0.05) is 13.8 Å². The van der Waals surface area contributed by atoms with E-state index in [1.54, 1.807) is 0 Å². The number of aliphatic imine (C=N–C) groups is 1. The summed E-state index contributed by atoms with van der Waals surface area (Å²) in [5.41, 5.74) is 5.82. The lowest BCUT2D eigenvalue weighted by Gasteiger charge is -2.19. The summed E-state index contributed by atoms with van der Waals surface area (Å²) >= 11 is 0. The molecule has 0 spiro atoms. The lowest BCUT2D eigenvalue weighted by molar-refractivity contribution is 0.130. The van der Waals surface area contributed by atoms with E-state index in [1.165, 1.54) is 0 Å². The van der Waals surface area contributed by atoms with E-state index in [1.807, 2.05) is 4.90 Å². The molecule has 0 radical (unpaired) electrons. The smallest absolute Gasteiger partial charge is 0.191 e. The third-order valence-corrected chi connectivity index (χ3v) is 2.44. The molecule has 4 heteroatoms. The van der Waals surface area contributed by atoms with Gasteiger partial charge in [0.05, 0.1) is 13.2 Å². The van der Waals surface area contributed by atoms with Gasteiger partial charge in [-0.25, -0.2) is 0 Å². The van der Waals surface area contributed by atoms with Gasteiger partial charge in [-0.3, -0.25) is 4.99 Å². The lowest BCUT2D eigenvalue weighted by Crippen LogP contribution is -2.37. The molecule has 0 heterocycles. The number of nitrogens with zero attached hydrogens (tertiary/aromatic N) is 2. The summed E-state index contributed by atoms with van der Waals surface area (Å²) in [6, 6.07) is 0. The Labute approximate surface area is 99.9 Å². The van der Waals surface area contributed by atoms with E-state index < -0.39 is 0 Å². The van der Waals surface area contributed by atoms with Gasteiger partial charge in [0.25, 0.3) is 0 Å². The Morgan fingerprint density at radius 3 is 2.38 bits per heavy atom. The fourth-order valence-corrected chi connectivity index (χ4v) is 1.29. The highest BCUT2D eigenvalue weighted by atomic mass is 16.5. The number of hydrogen-bond acceptors (Lipinski definition) is 2. The van der Waals surface area contributed by atoms with Crippen LogP contribution in [0.1, 0.15) is 34.1 Å². The fourth-order valence-electron chi connectivity index (χ4n) is 1.29. The molecule has 0 saturated heterocycles. The van der Waals surface area contributed by atoms with E-state index in [9.17, 15) is 0 Å². The molecule has 0 aliphatic rings. The summed E-state index contributed by atoms with van der Waals surface area (Å²) in [5, 5.41) is 0. The van der Waals surface area contributed by atoms with Crippen molar-refractivity contribution in [3.8, 4) is 0 Å². The first-order chi connectivity index (χ1) is 7.61. The Kier molecular flexibility index (Phi) is 9.00. The van der Waals surface area contributed by atoms with E-state index in [4.69, 9.17) is 10.5 Å². The van der Waals surface area contributed by atoms with Gasteiger partial charge in [-0.2, -0.15) is 0 Å². The molecule has 4 nitrogen and oxygen atoms in total. The average Bonchev–Trinajstić information content (AvgIpc) is 2.24. The Bertz CT molecular complexity index is 189. The molecular weight excluding hydrogens is 202 g/mol. The van der Waals surface area contributed by atoms with Crippen LogP contribution in [0.5, 0.6) is 0 Å². The highest BCUT2D eigenvalue weighted by Gasteiger charge is 2.00. The summed E-state index contributed by atoms with van der Waals surface area (Å²) in [6.45, 7) is 12.5. The van der Waals surface area contributed by atoms with E-state index in [0.717, 1.165) is 26.1 Å². The van der Waals surface area contributed by atoms with Crippen molar-refractivity contribution in [2.45, 2.75) is 34.1 Å². The monoisotopic (exact) mass is 229 g/mol. The van der Waals surface area contributed by atoms with Crippen molar-refractivity contribution < 1.29 is 4.74 Å². The van der Waals surface area contributed by atoms with Gasteiger partial charge in [0.2, 0.25) is 0 Å². The van der Waals surface area contributed by atoms with E-state index in [-0.39, 0.29) is 0 Å². The van der Waals surface area contributed by atoms with Crippen molar-refractivity contribution in [3.63, 3.8) is 0 Å². The number of nitrogens with two attached hydrogens (primary N) is 1. The quantitative estimate of drug-likeness (QED) is 0.391. The second kappa shape index (κ2) is 9.46. The largest absolute Gasteiger partial charge is 0.380 e. The number of ether oxygens (including phenoxy) is 1. The molecule has 0 amide bonds. The standard InChI is InChI=1S/C12H27N3O/c1-5-15(6-2)12(13)14-8-10-16-9-7-11(3)4/h11H,5-10H2,1-4H3,(H2,13,14). The molecule has 0 aliphatic heterocycles. The van der Waals surface area contributed by atoms with Crippen LogP contribution in [0.15, 0.2) is 4.99 Å². The van der Waals surface area contributed by atoms with Gasteiger partial charge in [-0.05, 0) is 26.2 Å². The highest BCUT2D eigenvalue weighted by Crippen LogP contribution is 1.98. The predicted molar refractivity (Wildman–Crippen MR) is 69.7 cm³/mol. The van der Waals surface area contributed by atoms with Crippen LogP contribution in [0.25, 0.3) is 0 Å². The van der Waals surface area contributed by atoms with Crippen molar-refractivity contribution in [1.82, 2.24) is 4.90 Å². The fraction of sp³-hybridized carbons (Fsp3) is 0.917. The molecule has 0 aromatic rings. The zero-order valence-corrected chi connectivity index (χ0v) is 11.2. The Balaban J connectivity index is 3.58. The minimum Gasteiger partial charge on any atom is -0.380 e. The summed E-state index contributed by atoms with van der Waals surface area (Å²) in [4.78, 5) is 6.31. The van der Waals surface area contributed by atoms with Crippen molar-refractivity contribution in [2.75, 3.05) is 32.8 Å². The van der Waals surface area contributed by atoms with Crippen molar-refractivity contribution >= 4 is 5.96 Å². The van der Waals surface area contributed by atoms with Crippen LogP contribution in [0.3, 0.4) is 0 Å². The van der Waals surface area contributed by atoms with E-state index >= 15 is 0 Å². The molecule has 16 heavy (non-hydrogen) atoms. The molecule has 96 valence electrons. The maximum Gasteiger partial charge on any atom is 0.191 e. The number of guanidine groups is 1. The zero-order chi connectivity index (χ0) is 12.4. The van der Waals surface area contributed by atoms with Gasteiger partial charge >= 0.3 is 0 Å². The van der Waals surface area contributed by atoms with Gasteiger partial charge in [-0.15, -0.1) is 0 Å². The van der Waals surface area contributed by atoms with E-state index in [0.29, 0.717) is 25.0 Å². The normalized spacial score (nSPS) is 12.2. The van der Waals surface area contributed by atoms with E-state index in [2.05, 4.69) is 32.7 Å². The number of rotatable bonds is 8. The van der Waals surface area contributed by atoms with Crippen LogP contribution in [0, 0.1) is 5.92 Å². The third-order valence-electron chi connectivity index (χ3n) is 2.44. The molecule has 2 N–H and O–H groups in total. The third kappa shape index (κ3) is 7.51. The van der Waals surface area contributed by atoms with Crippen molar-refractivity contribution in [1.29, 1.82) is 0 Å². The van der Waals surface area contributed by atoms with Crippen LogP contribution >= 0.6 is 0 Å². The second-order valence-electron chi connectivity index (χ2n) is 4.21. The molecule has 0 aliphatic carbocycles. The molecular formula is C12H27N3O. The van der Waals surface area contributed by atoms with Crippen molar-refractivity contribution in [2.24, 2.45) is 16.6 Å². The molecule has 0 saturated carbocycles. The van der Waals surface area contributed by atoms with Gasteiger partial charge in [0.1, 0.15) is 0 Å². The van der Waals surface area contributed by atoms with Crippen molar-refractivity contribution in [3.05, 3.63) is 0 Å². The Morgan fingerprint density at radius 1 is 1.25 bits per heavy atom. The lowest BCUT2D eigenvalue weighted by atomic mass is 10.1. The van der Waals surface area contributed by atoms with Crippen LogP contribution in [0.2, 0.25) is 0 Å². The van der Waals surface area contributed by atoms with Gasteiger partial charge in [0.15, 0.2) is 5.96 Å². The van der Waals surface area contributed by atoms with Crippen LogP contribution in [-0.2, 0) is 4.74 Å². The predicted octanol–water partition coefficient (Wildman–Crippen LogP) is 1.71. The molecule has 0 aromatic carbocycles. The summed E-state index contributed by atoms with van der Waals surface area (Å²) in [7, 11) is 0. The highest BCUT2D eigenvalue weighted by molar-refractivity contribution is 5.77. The minimum atomic E-state index is 0.623. The summed E-state index contributed by atoms with van der Waals surface area (Å²) in [6.07, 6.45) is 1.11. The van der Waals surface area contributed by atoms with Crippen LogP contribution in [0.4, 0.5) is 0 Å². The second-order valence-corrected chi connectivity index (χ2v) is 4.21. The maximum absolute atomic E-state index is 5.82.